The first-order valence-corrected chi connectivity index (χ1v) is 12.2. The third kappa shape index (κ3) is 3.84. The lowest BCUT2D eigenvalue weighted by atomic mass is 9.93. The molecule has 0 radical (unpaired) electrons. The molecule has 3 aromatic rings. The number of hydrogen-bond donors (Lipinski definition) is 1. The Hall–Kier alpha value is -2.64. The molecule has 0 saturated heterocycles. The molecule has 1 N–H and O–H groups in total. The van der Waals surface area contributed by atoms with Crippen LogP contribution >= 0.6 is 22.9 Å². The molecule has 0 unspecified atom stereocenters. The lowest BCUT2D eigenvalue weighted by molar-refractivity contribution is -0.134. The minimum atomic E-state index is -1.06. The van der Waals surface area contributed by atoms with Crippen molar-refractivity contribution in [3.63, 3.8) is 0 Å². The molecule has 166 valence electrons. The van der Waals surface area contributed by atoms with Crippen molar-refractivity contribution < 1.29 is 9.59 Å². The molecule has 0 spiro atoms. The summed E-state index contributed by atoms with van der Waals surface area (Å²) in [5, 5.41) is 10.5. The number of amides is 2. The number of aromatic nitrogens is 2. The molecule has 1 fully saturated rings. The van der Waals surface area contributed by atoms with Gasteiger partial charge in [-0.1, -0.05) is 42.6 Å². The molecule has 1 saturated carbocycles. The molecule has 2 aromatic heterocycles. The van der Waals surface area contributed by atoms with Gasteiger partial charge in [-0.15, -0.1) is 11.3 Å². The van der Waals surface area contributed by atoms with Crippen LogP contribution in [0.2, 0.25) is 5.02 Å². The van der Waals surface area contributed by atoms with Gasteiger partial charge in [0.1, 0.15) is 16.9 Å². The first-order chi connectivity index (χ1) is 15.4. The van der Waals surface area contributed by atoms with Gasteiger partial charge < -0.3 is 10.2 Å². The van der Waals surface area contributed by atoms with Crippen LogP contribution in [0.5, 0.6) is 0 Å². The zero-order chi connectivity index (χ0) is 22.3. The lowest BCUT2D eigenvalue weighted by Crippen LogP contribution is -2.64. The van der Waals surface area contributed by atoms with E-state index in [-0.39, 0.29) is 17.9 Å². The summed E-state index contributed by atoms with van der Waals surface area (Å²) in [6, 6.07) is 13.4. The number of carbonyl (C=O) groups is 2. The first-order valence-electron chi connectivity index (χ1n) is 10.9. The van der Waals surface area contributed by atoms with Gasteiger partial charge in [-0.2, -0.15) is 5.10 Å². The zero-order valence-corrected chi connectivity index (χ0v) is 19.5. The second kappa shape index (κ2) is 8.37. The van der Waals surface area contributed by atoms with E-state index in [1.54, 1.807) is 27.0 Å². The van der Waals surface area contributed by atoms with E-state index in [4.69, 9.17) is 11.6 Å². The van der Waals surface area contributed by atoms with Gasteiger partial charge in [0, 0.05) is 17.6 Å². The van der Waals surface area contributed by atoms with Crippen molar-refractivity contribution in [1.29, 1.82) is 0 Å². The number of carbonyl (C=O) groups excluding carboxylic acids is 2. The third-order valence-corrected chi connectivity index (χ3v) is 7.61. The standard InChI is InChI=1S/C24H25ClN4O2S/c1-24(23(31)26-18-8-2-3-9-18)15-29-20(13-19(27-29)21-10-5-11-32-21)22(30)28(24)14-16-6-4-7-17(25)12-16/h4-7,10-13,18H,2-3,8-9,14-15H2,1H3,(H,26,31)/t24-/m1/s1. The maximum atomic E-state index is 13.7. The maximum Gasteiger partial charge on any atom is 0.273 e. The molecule has 1 aliphatic carbocycles. The van der Waals surface area contributed by atoms with E-state index in [1.807, 2.05) is 48.7 Å². The normalized spacial score (nSPS) is 21.1. The average Bonchev–Trinajstić information content (AvgIpc) is 3.52. The summed E-state index contributed by atoms with van der Waals surface area (Å²) in [5.41, 5.74) is 1.08. The summed E-state index contributed by atoms with van der Waals surface area (Å²) >= 11 is 7.77. The Morgan fingerprint density at radius 1 is 1.25 bits per heavy atom. The van der Waals surface area contributed by atoms with Crippen molar-refractivity contribution in [2.24, 2.45) is 0 Å². The SMILES string of the molecule is C[C@]1(C(=O)NC2CCCC2)Cn2nc(-c3cccs3)cc2C(=O)N1Cc1cccc(Cl)c1. The highest BCUT2D eigenvalue weighted by Gasteiger charge is 2.48. The number of thiophene rings is 1. The highest BCUT2D eigenvalue weighted by molar-refractivity contribution is 7.13. The van der Waals surface area contributed by atoms with Gasteiger partial charge in [0.2, 0.25) is 5.91 Å². The Morgan fingerprint density at radius 3 is 2.78 bits per heavy atom. The highest BCUT2D eigenvalue weighted by Crippen LogP contribution is 2.33. The summed E-state index contributed by atoms with van der Waals surface area (Å²) in [4.78, 5) is 29.9. The lowest BCUT2D eigenvalue weighted by Gasteiger charge is -2.43. The number of nitrogens with one attached hydrogen (secondary N) is 1. The van der Waals surface area contributed by atoms with Crippen molar-refractivity contribution in [3.05, 3.63) is 64.1 Å². The largest absolute Gasteiger partial charge is 0.351 e. The molecule has 1 atom stereocenters. The van der Waals surface area contributed by atoms with E-state index in [9.17, 15) is 9.59 Å². The van der Waals surface area contributed by atoms with Crippen LogP contribution in [-0.4, -0.2) is 38.1 Å². The van der Waals surface area contributed by atoms with Crippen LogP contribution in [0.25, 0.3) is 10.6 Å². The summed E-state index contributed by atoms with van der Waals surface area (Å²) in [7, 11) is 0. The van der Waals surface area contributed by atoms with E-state index in [2.05, 4.69) is 10.4 Å². The minimum Gasteiger partial charge on any atom is -0.351 e. The van der Waals surface area contributed by atoms with Crippen molar-refractivity contribution in [2.45, 2.75) is 57.3 Å². The average molecular weight is 469 g/mol. The summed E-state index contributed by atoms with van der Waals surface area (Å²) < 4.78 is 1.69. The van der Waals surface area contributed by atoms with Crippen LogP contribution in [0.4, 0.5) is 0 Å². The quantitative estimate of drug-likeness (QED) is 0.588. The van der Waals surface area contributed by atoms with Gasteiger partial charge in [-0.3, -0.25) is 14.3 Å². The van der Waals surface area contributed by atoms with Crippen LogP contribution in [0.3, 0.4) is 0 Å². The van der Waals surface area contributed by atoms with Gasteiger partial charge in [0.15, 0.2) is 0 Å². The number of rotatable bonds is 5. The van der Waals surface area contributed by atoms with E-state index < -0.39 is 5.54 Å². The van der Waals surface area contributed by atoms with Gasteiger partial charge in [0.05, 0.1) is 11.4 Å². The van der Waals surface area contributed by atoms with E-state index in [0.717, 1.165) is 41.8 Å². The van der Waals surface area contributed by atoms with Crippen LogP contribution in [0, 0.1) is 0 Å². The fourth-order valence-electron chi connectivity index (χ4n) is 4.66. The maximum absolute atomic E-state index is 13.7. The summed E-state index contributed by atoms with van der Waals surface area (Å²) in [6.07, 6.45) is 4.22. The number of hydrogen-bond acceptors (Lipinski definition) is 4. The minimum absolute atomic E-state index is 0.126. The topological polar surface area (TPSA) is 67.2 Å². The van der Waals surface area contributed by atoms with Crippen LogP contribution in [0.1, 0.15) is 48.7 Å². The predicted octanol–water partition coefficient (Wildman–Crippen LogP) is 4.74. The van der Waals surface area contributed by atoms with E-state index in [0.29, 0.717) is 23.8 Å². The van der Waals surface area contributed by atoms with Crippen LogP contribution in [-0.2, 0) is 17.9 Å². The van der Waals surface area contributed by atoms with Crippen molar-refractivity contribution in [2.75, 3.05) is 0 Å². The zero-order valence-electron chi connectivity index (χ0n) is 17.9. The Kier molecular flexibility index (Phi) is 5.55. The molecular formula is C24H25ClN4O2S. The molecule has 32 heavy (non-hydrogen) atoms. The monoisotopic (exact) mass is 468 g/mol. The van der Waals surface area contributed by atoms with Gasteiger partial charge in [-0.05, 0) is 55.0 Å². The summed E-state index contributed by atoms with van der Waals surface area (Å²) in [6.45, 7) is 2.45. The molecule has 5 rings (SSSR count). The Bertz CT molecular complexity index is 1150. The number of nitrogens with zero attached hydrogens (tertiary/aromatic N) is 3. The molecule has 1 aliphatic heterocycles. The Balaban J connectivity index is 1.52. The number of benzene rings is 1. The fourth-order valence-corrected chi connectivity index (χ4v) is 5.56. The second-order valence-corrected chi connectivity index (χ2v) is 10.2. The smallest absolute Gasteiger partial charge is 0.273 e. The highest BCUT2D eigenvalue weighted by atomic mass is 35.5. The molecule has 6 nitrogen and oxygen atoms in total. The van der Waals surface area contributed by atoms with Crippen molar-refractivity contribution in [3.8, 4) is 10.6 Å². The predicted molar refractivity (Wildman–Crippen MR) is 126 cm³/mol. The Labute approximate surface area is 196 Å². The van der Waals surface area contributed by atoms with Crippen molar-refractivity contribution >= 4 is 34.8 Å². The van der Waals surface area contributed by atoms with Crippen molar-refractivity contribution in [1.82, 2.24) is 20.0 Å². The van der Waals surface area contributed by atoms with Crippen LogP contribution in [0.15, 0.2) is 47.8 Å². The van der Waals surface area contributed by atoms with Crippen LogP contribution < -0.4 is 5.32 Å². The third-order valence-electron chi connectivity index (χ3n) is 6.48. The molecule has 8 heteroatoms. The molecule has 3 heterocycles. The molecular weight excluding hydrogens is 444 g/mol. The fraction of sp³-hybridized carbons (Fsp3) is 0.375. The molecule has 0 bridgehead atoms. The second-order valence-electron chi connectivity index (χ2n) is 8.80. The van der Waals surface area contributed by atoms with Gasteiger partial charge in [-0.25, -0.2) is 0 Å². The number of halogens is 1. The molecule has 2 aliphatic rings. The van der Waals surface area contributed by atoms with Gasteiger partial charge >= 0.3 is 0 Å². The number of fused-ring (bicyclic) bond motifs is 1. The first kappa shape index (κ1) is 21.2. The van der Waals surface area contributed by atoms with E-state index in [1.165, 1.54) is 0 Å². The Morgan fingerprint density at radius 2 is 2.06 bits per heavy atom. The molecule has 1 aromatic carbocycles. The summed E-state index contributed by atoms with van der Waals surface area (Å²) in [5.74, 6) is -0.325. The van der Waals surface area contributed by atoms with E-state index >= 15 is 0 Å². The molecule has 2 amide bonds. The van der Waals surface area contributed by atoms with Gasteiger partial charge in [0.25, 0.3) is 5.91 Å².